The molecule has 6 nitrogen and oxygen atoms in total. The zero-order valence-corrected chi connectivity index (χ0v) is 9.06. The van der Waals surface area contributed by atoms with E-state index in [1.165, 1.54) is 23.0 Å². The Morgan fingerprint density at radius 2 is 2.41 bits per heavy atom. The van der Waals surface area contributed by atoms with Crippen LogP contribution in [-0.2, 0) is 4.74 Å². The number of carbonyl (C=O) groups excluding carboxylic acids is 1. The molecule has 17 heavy (non-hydrogen) atoms. The van der Waals surface area contributed by atoms with Gasteiger partial charge in [-0.25, -0.2) is 9.64 Å². The van der Waals surface area contributed by atoms with Crippen molar-refractivity contribution in [2.24, 2.45) is 0 Å². The predicted octanol–water partition coefficient (Wildman–Crippen LogP) is 1.36. The SMILES string of the molecule is [C-]#[N+]c1c[nH]n2cc(C(=O)OCC)cc2c1=O. The van der Waals surface area contributed by atoms with E-state index >= 15 is 0 Å². The molecule has 2 rings (SSSR count). The zero-order valence-electron chi connectivity index (χ0n) is 9.06. The third kappa shape index (κ3) is 1.78. The fourth-order valence-corrected chi connectivity index (χ4v) is 1.48. The molecule has 2 aromatic heterocycles. The lowest BCUT2D eigenvalue weighted by molar-refractivity contribution is 0.0526. The van der Waals surface area contributed by atoms with Crippen LogP contribution in [0.2, 0.25) is 0 Å². The van der Waals surface area contributed by atoms with Crippen LogP contribution in [0.5, 0.6) is 0 Å². The van der Waals surface area contributed by atoms with Gasteiger partial charge in [-0.15, -0.1) is 0 Å². The van der Waals surface area contributed by atoms with Gasteiger partial charge in [0.25, 0.3) is 5.69 Å². The van der Waals surface area contributed by atoms with Gasteiger partial charge < -0.3 is 14.6 Å². The lowest BCUT2D eigenvalue weighted by Crippen LogP contribution is -2.04. The first-order valence-corrected chi connectivity index (χ1v) is 4.95. The number of aromatic amines is 1. The van der Waals surface area contributed by atoms with Crippen LogP contribution in [-0.4, -0.2) is 22.2 Å². The van der Waals surface area contributed by atoms with Gasteiger partial charge in [-0.2, -0.15) is 0 Å². The number of aromatic nitrogens is 2. The molecule has 0 aliphatic carbocycles. The predicted molar refractivity (Wildman–Crippen MR) is 60.2 cm³/mol. The number of rotatable bonds is 2. The van der Waals surface area contributed by atoms with Crippen LogP contribution in [0.25, 0.3) is 10.4 Å². The summed E-state index contributed by atoms with van der Waals surface area (Å²) in [5.41, 5.74) is 0.115. The summed E-state index contributed by atoms with van der Waals surface area (Å²) in [5, 5.41) is 2.72. The van der Waals surface area contributed by atoms with Crippen LogP contribution >= 0.6 is 0 Å². The molecule has 1 N–H and O–H groups in total. The van der Waals surface area contributed by atoms with Crippen molar-refractivity contribution >= 4 is 17.2 Å². The first-order valence-electron chi connectivity index (χ1n) is 4.95. The lowest BCUT2D eigenvalue weighted by atomic mass is 10.3. The molecular weight excluding hydrogens is 222 g/mol. The summed E-state index contributed by atoms with van der Waals surface area (Å²) < 4.78 is 6.22. The second-order valence-electron chi connectivity index (χ2n) is 3.30. The number of carbonyl (C=O) groups is 1. The highest BCUT2D eigenvalue weighted by atomic mass is 16.5. The Morgan fingerprint density at radius 3 is 3.06 bits per heavy atom. The first-order chi connectivity index (χ1) is 8.17. The number of hydrogen-bond acceptors (Lipinski definition) is 3. The van der Waals surface area contributed by atoms with Gasteiger partial charge in [0.15, 0.2) is 0 Å². The summed E-state index contributed by atoms with van der Waals surface area (Å²) in [4.78, 5) is 26.3. The summed E-state index contributed by atoms with van der Waals surface area (Å²) >= 11 is 0. The molecule has 0 atom stereocenters. The van der Waals surface area contributed by atoms with Crippen molar-refractivity contribution in [3.05, 3.63) is 45.7 Å². The molecule has 0 aliphatic heterocycles. The van der Waals surface area contributed by atoms with Gasteiger partial charge in [-0.05, 0) is 13.0 Å². The lowest BCUT2D eigenvalue weighted by Gasteiger charge is -1.96. The number of H-pyrrole nitrogens is 1. The molecule has 6 heteroatoms. The summed E-state index contributed by atoms with van der Waals surface area (Å²) in [6, 6.07) is 1.41. The van der Waals surface area contributed by atoms with Crippen molar-refractivity contribution in [3.63, 3.8) is 0 Å². The Bertz CT molecular complexity index is 675. The minimum Gasteiger partial charge on any atom is -0.462 e. The van der Waals surface area contributed by atoms with Crippen LogP contribution < -0.4 is 5.43 Å². The molecule has 0 saturated carbocycles. The first kappa shape index (κ1) is 11.0. The van der Waals surface area contributed by atoms with Crippen molar-refractivity contribution in [3.8, 4) is 0 Å². The molecule has 0 radical (unpaired) electrons. The number of nitrogens with one attached hydrogen (secondary N) is 1. The molecule has 0 unspecified atom stereocenters. The largest absolute Gasteiger partial charge is 0.462 e. The van der Waals surface area contributed by atoms with Crippen molar-refractivity contribution in [2.75, 3.05) is 6.61 Å². The van der Waals surface area contributed by atoms with Gasteiger partial charge in [-0.3, -0.25) is 4.52 Å². The molecular formula is C11H9N3O3. The van der Waals surface area contributed by atoms with Gasteiger partial charge in [0.05, 0.1) is 24.3 Å². The number of hydrogen-bond donors (Lipinski definition) is 1. The number of nitrogens with zero attached hydrogens (tertiary/aromatic N) is 2. The van der Waals surface area contributed by atoms with Crippen LogP contribution in [0.15, 0.2) is 23.3 Å². The van der Waals surface area contributed by atoms with E-state index < -0.39 is 11.4 Å². The summed E-state index contributed by atoms with van der Waals surface area (Å²) in [7, 11) is 0. The highest BCUT2D eigenvalue weighted by Crippen LogP contribution is 2.10. The maximum Gasteiger partial charge on any atom is 0.339 e. The number of ether oxygens (including phenoxy) is 1. The highest BCUT2D eigenvalue weighted by molar-refractivity contribution is 5.91. The number of fused-ring (bicyclic) bond motifs is 1. The second-order valence-corrected chi connectivity index (χ2v) is 3.30. The molecule has 0 amide bonds. The summed E-state index contributed by atoms with van der Waals surface area (Å²) in [6.07, 6.45) is 2.76. The Morgan fingerprint density at radius 1 is 1.65 bits per heavy atom. The van der Waals surface area contributed by atoms with Gasteiger partial charge >= 0.3 is 5.97 Å². The Labute approximate surface area is 96.2 Å². The molecule has 0 aromatic carbocycles. The standard InChI is InChI=1S/C11H9N3O3/c1-3-17-11(16)7-4-9-10(15)8(12-2)5-13-14(9)6-7/h4-6,13H,3H2,1H3. The van der Waals surface area contributed by atoms with E-state index in [2.05, 4.69) is 9.94 Å². The second kappa shape index (κ2) is 4.14. The van der Waals surface area contributed by atoms with Crippen molar-refractivity contribution in [1.82, 2.24) is 9.61 Å². The van der Waals surface area contributed by atoms with E-state index in [0.717, 1.165) is 0 Å². The van der Waals surface area contributed by atoms with E-state index in [0.29, 0.717) is 0 Å². The summed E-state index contributed by atoms with van der Waals surface area (Å²) in [6.45, 7) is 8.80. The van der Waals surface area contributed by atoms with Gasteiger partial charge in [0.1, 0.15) is 0 Å². The van der Waals surface area contributed by atoms with E-state index in [1.807, 2.05) is 0 Å². The van der Waals surface area contributed by atoms with Crippen molar-refractivity contribution in [2.45, 2.75) is 6.92 Å². The smallest absolute Gasteiger partial charge is 0.339 e. The topological polar surface area (TPSA) is 67.9 Å². The molecule has 0 bridgehead atoms. The minimum atomic E-state index is -0.492. The normalized spacial score (nSPS) is 10.1. The zero-order chi connectivity index (χ0) is 12.4. The molecule has 0 spiro atoms. The molecule has 86 valence electrons. The van der Waals surface area contributed by atoms with Gasteiger partial charge in [0.2, 0.25) is 5.43 Å². The Balaban J connectivity index is 2.59. The van der Waals surface area contributed by atoms with Crippen LogP contribution in [0.1, 0.15) is 17.3 Å². The van der Waals surface area contributed by atoms with Crippen LogP contribution in [0.3, 0.4) is 0 Å². The molecule has 0 saturated heterocycles. The van der Waals surface area contributed by atoms with E-state index in [-0.39, 0.29) is 23.4 Å². The highest BCUT2D eigenvalue weighted by Gasteiger charge is 2.12. The van der Waals surface area contributed by atoms with Crippen LogP contribution in [0, 0.1) is 6.57 Å². The van der Waals surface area contributed by atoms with E-state index in [9.17, 15) is 9.59 Å². The third-order valence-corrected chi connectivity index (χ3v) is 2.26. The average molecular weight is 231 g/mol. The number of esters is 1. The van der Waals surface area contributed by atoms with Gasteiger partial charge in [0, 0.05) is 12.4 Å². The molecule has 0 fully saturated rings. The maximum absolute atomic E-state index is 11.7. The Hall–Kier alpha value is -2.55. The monoisotopic (exact) mass is 231 g/mol. The quantitative estimate of drug-likeness (QED) is 0.626. The van der Waals surface area contributed by atoms with E-state index in [1.54, 1.807) is 6.92 Å². The van der Waals surface area contributed by atoms with Crippen LogP contribution in [0.4, 0.5) is 5.69 Å². The fourth-order valence-electron chi connectivity index (χ4n) is 1.48. The van der Waals surface area contributed by atoms with Crippen molar-refractivity contribution in [1.29, 1.82) is 0 Å². The average Bonchev–Trinajstić information content (AvgIpc) is 2.75. The molecule has 0 aliphatic rings. The third-order valence-electron chi connectivity index (χ3n) is 2.26. The van der Waals surface area contributed by atoms with Gasteiger partial charge in [-0.1, -0.05) is 0 Å². The van der Waals surface area contributed by atoms with Crippen molar-refractivity contribution < 1.29 is 9.53 Å². The fraction of sp³-hybridized carbons (Fsp3) is 0.182. The molecule has 2 aromatic rings. The summed E-state index contributed by atoms with van der Waals surface area (Å²) in [5.74, 6) is -0.492. The Kier molecular flexibility index (Phi) is 2.66. The maximum atomic E-state index is 11.7. The van der Waals surface area contributed by atoms with E-state index in [4.69, 9.17) is 11.3 Å². The minimum absolute atomic E-state index is 0.00833. The molecule has 2 heterocycles.